The summed E-state index contributed by atoms with van der Waals surface area (Å²) in [5.74, 6) is 0. The molecule has 0 spiro atoms. The molecule has 6 nitrogen and oxygen atoms in total. The van der Waals surface area contributed by atoms with E-state index in [0.717, 1.165) is 6.42 Å². The van der Waals surface area contributed by atoms with Gasteiger partial charge in [0.2, 0.25) is 0 Å². The molecule has 1 rings (SSSR count). The molecule has 0 radical (unpaired) electrons. The molecule has 18 heavy (non-hydrogen) atoms. The van der Waals surface area contributed by atoms with Gasteiger partial charge in [-0.3, -0.25) is 0 Å². The van der Waals surface area contributed by atoms with E-state index in [4.69, 9.17) is 9.84 Å². The Kier molecular flexibility index (Phi) is 6.20. The maximum atomic E-state index is 9.85. The van der Waals surface area contributed by atoms with Gasteiger partial charge in [-0.25, -0.2) is 0 Å². The number of hydrogen-bond donors (Lipinski definition) is 5. The minimum atomic E-state index is -1.25. The van der Waals surface area contributed by atoms with E-state index in [1.165, 1.54) is 5.57 Å². The van der Waals surface area contributed by atoms with Crippen LogP contribution in [0.15, 0.2) is 11.6 Å². The first-order valence-electron chi connectivity index (χ1n) is 6.20. The average Bonchev–Trinajstić information content (AvgIpc) is 2.37. The molecule has 1 saturated heterocycles. The first-order chi connectivity index (χ1) is 8.51. The standard InChI is InChI=1S/C12H23NO5/c1-3-7(2)4-5-13-9-11(16)10(15)8(6-14)18-12(9)17/h4,8-17H,3,5-6H2,1-2H3/t8?,9?,10-,11+,12-/m0/s1. The molecule has 5 N–H and O–H groups in total. The van der Waals surface area contributed by atoms with E-state index >= 15 is 0 Å². The molecule has 0 aliphatic carbocycles. The third-order valence-corrected chi connectivity index (χ3v) is 3.26. The van der Waals surface area contributed by atoms with E-state index in [2.05, 4.69) is 5.32 Å². The maximum absolute atomic E-state index is 9.85. The number of aliphatic hydroxyl groups excluding tert-OH is 4. The van der Waals surface area contributed by atoms with Crippen LogP contribution in [0.3, 0.4) is 0 Å². The van der Waals surface area contributed by atoms with Crippen LogP contribution in [-0.2, 0) is 4.74 Å². The second kappa shape index (κ2) is 7.18. The van der Waals surface area contributed by atoms with Gasteiger partial charge >= 0.3 is 0 Å². The van der Waals surface area contributed by atoms with E-state index in [-0.39, 0.29) is 0 Å². The lowest BCUT2D eigenvalue weighted by molar-refractivity contribution is -0.254. The van der Waals surface area contributed by atoms with E-state index in [1.807, 2.05) is 19.9 Å². The van der Waals surface area contributed by atoms with Gasteiger partial charge in [-0.15, -0.1) is 0 Å². The SMILES string of the molecule is CCC(C)=CCNC1[C@@H](O)[C@@H](O)C(CO)O[C@@H]1O. The zero-order valence-electron chi connectivity index (χ0n) is 10.8. The molecule has 0 saturated carbocycles. The lowest BCUT2D eigenvalue weighted by Gasteiger charge is -2.40. The van der Waals surface area contributed by atoms with Crippen molar-refractivity contribution in [3.8, 4) is 0 Å². The van der Waals surface area contributed by atoms with Crippen molar-refractivity contribution in [3.63, 3.8) is 0 Å². The Morgan fingerprint density at radius 2 is 1.94 bits per heavy atom. The van der Waals surface area contributed by atoms with E-state index in [9.17, 15) is 15.3 Å². The molecule has 5 atom stereocenters. The van der Waals surface area contributed by atoms with Crippen LogP contribution >= 0.6 is 0 Å². The summed E-state index contributed by atoms with van der Waals surface area (Å²) >= 11 is 0. The Bertz CT molecular complexity index is 284. The highest BCUT2D eigenvalue weighted by Crippen LogP contribution is 2.19. The van der Waals surface area contributed by atoms with Gasteiger partial charge in [-0.05, 0) is 13.3 Å². The van der Waals surface area contributed by atoms with Gasteiger partial charge in [-0.2, -0.15) is 0 Å². The van der Waals surface area contributed by atoms with Gasteiger partial charge in [-0.1, -0.05) is 18.6 Å². The molecule has 6 heteroatoms. The predicted octanol–water partition coefficient (Wildman–Crippen LogP) is -1.27. The van der Waals surface area contributed by atoms with Crippen LogP contribution < -0.4 is 5.32 Å². The first-order valence-corrected chi connectivity index (χ1v) is 6.20. The van der Waals surface area contributed by atoms with Crippen molar-refractivity contribution < 1.29 is 25.2 Å². The summed E-state index contributed by atoms with van der Waals surface area (Å²) < 4.78 is 5.03. The topological polar surface area (TPSA) is 102 Å². The lowest BCUT2D eigenvalue weighted by atomic mass is 9.97. The number of aliphatic hydroxyl groups is 4. The Morgan fingerprint density at radius 3 is 2.50 bits per heavy atom. The zero-order chi connectivity index (χ0) is 13.7. The van der Waals surface area contributed by atoms with Gasteiger partial charge in [0.05, 0.1) is 12.6 Å². The molecule has 0 aromatic heterocycles. The quantitative estimate of drug-likeness (QED) is 0.396. The fourth-order valence-electron chi connectivity index (χ4n) is 1.83. The molecule has 1 aliphatic heterocycles. The minimum Gasteiger partial charge on any atom is -0.394 e. The smallest absolute Gasteiger partial charge is 0.173 e. The molecule has 1 aliphatic rings. The van der Waals surface area contributed by atoms with Gasteiger partial charge in [0.15, 0.2) is 6.29 Å². The van der Waals surface area contributed by atoms with E-state index in [0.29, 0.717) is 6.54 Å². The third-order valence-electron chi connectivity index (χ3n) is 3.26. The van der Waals surface area contributed by atoms with Crippen LogP contribution in [0, 0.1) is 0 Å². The summed E-state index contributed by atoms with van der Waals surface area (Å²) in [5, 5.41) is 41.1. The number of nitrogens with one attached hydrogen (secondary N) is 1. The van der Waals surface area contributed by atoms with E-state index < -0.39 is 37.3 Å². The van der Waals surface area contributed by atoms with Crippen LogP contribution in [0.25, 0.3) is 0 Å². The maximum Gasteiger partial charge on any atom is 0.173 e. The Labute approximate surface area is 107 Å². The van der Waals surface area contributed by atoms with Crippen LogP contribution in [0.1, 0.15) is 20.3 Å². The normalized spacial score (nSPS) is 37.9. The van der Waals surface area contributed by atoms with Crippen molar-refractivity contribution in [2.45, 2.75) is 50.9 Å². The zero-order valence-corrected chi connectivity index (χ0v) is 10.8. The van der Waals surface area contributed by atoms with Crippen molar-refractivity contribution in [1.82, 2.24) is 5.32 Å². The molecule has 0 aromatic carbocycles. The lowest BCUT2D eigenvalue weighted by Crippen LogP contribution is -2.63. The van der Waals surface area contributed by atoms with Crippen LogP contribution in [0.5, 0.6) is 0 Å². The van der Waals surface area contributed by atoms with Crippen molar-refractivity contribution in [2.24, 2.45) is 0 Å². The predicted molar refractivity (Wildman–Crippen MR) is 65.8 cm³/mol. The number of rotatable bonds is 5. The van der Waals surface area contributed by atoms with Gasteiger partial charge in [0.1, 0.15) is 18.3 Å². The van der Waals surface area contributed by atoms with Crippen LogP contribution in [0.4, 0.5) is 0 Å². The molecular formula is C12H23NO5. The molecule has 2 unspecified atom stereocenters. The summed E-state index contributed by atoms with van der Waals surface area (Å²) in [6, 6.07) is -0.774. The van der Waals surface area contributed by atoms with Crippen molar-refractivity contribution in [2.75, 3.05) is 13.2 Å². The molecule has 1 fully saturated rings. The van der Waals surface area contributed by atoms with Crippen molar-refractivity contribution >= 4 is 0 Å². The monoisotopic (exact) mass is 261 g/mol. The summed E-state index contributed by atoms with van der Waals surface area (Å²) in [6.07, 6.45) is -1.72. The number of allylic oxidation sites excluding steroid dienone is 1. The molecule has 0 amide bonds. The van der Waals surface area contributed by atoms with Crippen LogP contribution in [-0.4, -0.2) is 64.2 Å². The largest absolute Gasteiger partial charge is 0.394 e. The third kappa shape index (κ3) is 3.74. The average molecular weight is 261 g/mol. The van der Waals surface area contributed by atoms with Crippen molar-refractivity contribution in [3.05, 3.63) is 11.6 Å². The van der Waals surface area contributed by atoms with Gasteiger partial charge in [0.25, 0.3) is 0 Å². The molecule has 0 bridgehead atoms. The summed E-state index contributed by atoms with van der Waals surface area (Å²) in [7, 11) is 0. The fraction of sp³-hybridized carbons (Fsp3) is 0.833. The molecule has 106 valence electrons. The Morgan fingerprint density at radius 1 is 1.28 bits per heavy atom. The fourth-order valence-corrected chi connectivity index (χ4v) is 1.83. The number of ether oxygens (including phenoxy) is 1. The number of hydrogen-bond acceptors (Lipinski definition) is 6. The van der Waals surface area contributed by atoms with Crippen LogP contribution in [0.2, 0.25) is 0 Å². The first kappa shape index (κ1) is 15.6. The summed E-state index contributed by atoms with van der Waals surface area (Å²) in [4.78, 5) is 0. The highest BCUT2D eigenvalue weighted by molar-refractivity contribution is 5.00. The molecule has 1 heterocycles. The Balaban J connectivity index is 2.55. The van der Waals surface area contributed by atoms with Gasteiger partial charge in [0, 0.05) is 6.54 Å². The molecule has 0 aromatic rings. The van der Waals surface area contributed by atoms with Crippen molar-refractivity contribution in [1.29, 1.82) is 0 Å². The summed E-state index contributed by atoms with van der Waals surface area (Å²) in [6.45, 7) is 4.05. The van der Waals surface area contributed by atoms with E-state index in [1.54, 1.807) is 0 Å². The summed E-state index contributed by atoms with van der Waals surface area (Å²) in [5.41, 5.74) is 1.19. The molecular weight excluding hydrogens is 238 g/mol. The van der Waals surface area contributed by atoms with Gasteiger partial charge < -0.3 is 30.5 Å². The second-order valence-electron chi connectivity index (χ2n) is 4.57. The highest BCUT2D eigenvalue weighted by Gasteiger charge is 2.43. The Hall–Kier alpha value is -0.500. The second-order valence-corrected chi connectivity index (χ2v) is 4.57. The minimum absolute atomic E-state index is 0.448. The highest BCUT2D eigenvalue weighted by atomic mass is 16.6.